The van der Waals surface area contributed by atoms with Crippen LogP contribution in [-0.4, -0.2) is 18.0 Å². The number of rotatable bonds is 4. The Morgan fingerprint density at radius 2 is 1.32 bits per heavy atom. The zero-order valence-electron chi connectivity index (χ0n) is 20.7. The number of para-hydroxylation sites is 1. The van der Waals surface area contributed by atoms with E-state index in [0.29, 0.717) is 11.8 Å². The molecule has 38 heavy (non-hydrogen) atoms. The summed E-state index contributed by atoms with van der Waals surface area (Å²) in [4.78, 5) is 9.87. The average molecular weight is 495 g/mol. The van der Waals surface area contributed by atoms with Gasteiger partial charge in [0.05, 0.1) is 5.92 Å². The number of nitrogens with one attached hydrogen (secondary N) is 1. The Hall–Kier alpha value is -4.90. The van der Waals surface area contributed by atoms with Gasteiger partial charge in [0, 0.05) is 17.0 Å². The SMILES string of the molecule is NC1=NC(C2C=CC=C3Oc4ccccc4C32)N=C(c2cc(-c3ccccc3)cc(-c3ccccc3)c2)N1. The molecule has 0 amide bonds. The second-order valence-electron chi connectivity index (χ2n) is 9.71. The molecular weight excluding hydrogens is 468 g/mol. The third-order valence-electron chi connectivity index (χ3n) is 7.31. The summed E-state index contributed by atoms with van der Waals surface area (Å²) in [6.07, 6.45) is 5.86. The predicted octanol–water partition coefficient (Wildman–Crippen LogP) is 6.26. The van der Waals surface area contributed by atoms with E-state index in [0.717, 1.165) is 44.9 Å². The maximum Gasteiger partial charge on any atom is 0.196 e. The second kappa shape index (κ2) is 9.20. The molecular formula is C33H26N4O. The van der Waals surface area contributed by atoms with Crippen molar-refractivity contribution in [1.29, 1.82) is 0 Å². The highest BCUT2D eigenvalue weighted by Crippen LogP contribution is 2.48. The van der Waals surface area contributed by atoms with Crippen LogP contribution in [0.1, 0.15) is 17.0 Å². The highest BCUT2D eigenvalue weighted by atomic mass is 16.5. The molecule has 5 heteroatoms. The van der Waals surface area contributed by atoms with Crippen LogP contribution in [0.4, 0.5) is 0 Å². The van der Waals surface area contributed by atoms with Gasteiger partial charge in [0.2, 0.25) is 0 Å². The Morgan fingerprint density at radius 1 is 0.684 bits per heavy atom. The van der Waals surface area contributed by atoms with Crippen LogP contribution in [0, 0.1) is 5.92 Å². The molecule has 3 aliphatic rings. The molecule has 5 nitrogen and oxygen atoms in total. The quantitative estimate of drug-likeness (QED) is 0.352. The van der Waals surface area contributed by atoms with Gasteiger partial charge < -0.3 is 15.8 Å². The van der Waals surface area contributed by atoms with E-state index >= 15 is 0 Å². The maximum atomic E-state index is 6.38. The van der Waals surface area contributed by atoms with Crippen molar-refractivity contribution in [3.63, 3.8) is 0 Å². The van der Waals surface area contributed by atoms with E-state index in [9.17, 15) is 0 Å². The van der Waals surface area contributed by atoms with Gasteiger partial charge in [-0.25, -0.2) is 9.98 Å². The maximum absolute atomic E-state index is 6.38. The topological polar surface area (TPSA) is 72.0 Å². The molecule has 3 N–H and O–H groups in total. The van der Waals surface area contributed by atoms with Gasteiger partial charge in [-0.05, 0) is 52.6 Å². The Bertz CT molecular complexity index is 1580. The van der Waals surface area contributed by atoms with Gasteiger partial charge in [0.25, 0.3) is 0 Å². The molecule has 3 atom stereocenters. The Labute approximate surface area is 221 Å². The lowest BCUT2D eigenvalue weighted by molar-refractivity contribution is 0.372. The number of benzene rings is 4. The summed E-state index contributed by atoms with van der Waals surface area (Å²) in [6, 6.07) is 35.6. The summed E-state index contributed by atoms with van der Waals surface area (Å²) < 4.78 is 6.17. The van der Waals surface area contributed by atoms with E-state index in [-0.39, 0.29) is 18.0 Å². The van der Waals surface area contributed by atoms with Crippen LogP contribution >= 0.6 is 0 Å². The first-order valence-electron chi connectivity index (χ1n) is 12.8. The van der Waals surface area contributed by atoms with Crippen LogP contribution in [0.2, 0.25) is 0 Å². The number of fused-ring (bicyclic) bond motifs is 3. The summed E-state index contributed by atoms with van der Waals surface area (Å²) >= 11 is 0. The fourth-order valence-electron chi connectivity index (χ4n) is 5.54. The van der Waals surface area contributed by atoms with E-state index in [1.54, 1.807) is 0 Å². The molecule has 0 saturated carbocycles. The van der Waals surface area contributed by atoms with E-state index in [2.05, 4.69) is 90.3 Å². The van der Waals surface area contributed by atoms with Gasteiger partial charge in [0.15, 0.2) is 12.1 Å². The fraction of sp³-hybridized carbons (Fsp3) is 0.0909. The van der Waals surface area contributed by atoms with Crippen molar-refractivity contribution < 1.29 is 4.74 Å². The largest absolute Gasteiger partial charge is 0.461 e. The van der Waals surface area contributed by atoms with Crippen LogP contribution in [0.15, 0.2) is 137 Å². The van der Waals surface area contributed by atoms with Crippen molar-refractivity contribution in [2.75, 3.05) is 0 Å². The van der Waals surface area contributed by atoms with Gasteiger partial charge in [-0.2, -0.15) is 0 Å². The van der Waals surface area contributed by atoms with E-state index in [1.807, 2.05) is 36.4 Å². The molecule has 0 bridgehead atoms. The summed E-state index contributed by atoms with van der Waals surface area (Å²) in [6.45, 7) is 0. The number of amidine groups is 1. The summed E-state index contributed by atoms with van der Waals surface area (Å²) in [5.74, 6) is 2.95. The Kier molecular flexibility index (Phi) is 5.40. The van der Waals surface area contributed by atoms with Gasteiger partial charge in [-0.3, -0.25) is 0 Å². The van der Waals surface area contributed by atoms with Crippen molar-refractivity contribution in [2.45, 2.75) is 12.1 Å². The number of aliphatic imine (C=N–C) groups is 2. The average Bonchev–Trinajstić information content (AvgIpc) is 3.36. The minimum absolute atomic E-state index is 0.0137. The van der Waals surface area contributed by atoms with Crippen molar-refractivity contribution in [2.24, 2.45) is 21.6 Å². The second-order valence-corrected chi connectivity index (χ2v) is 9.71. The molecule has 7 rings (SSSR count). The first-order chi connectivity index (χ1) is 18.7. The standard InChI is InChI=1S/C33H26N4O/c34-33-36-31(35-32(37-33)27-15-9-17-29-30(27)26-14-7-8-16-28(26)38-29)25-19-23(21-10-3-1-4-11-21)18-24(20-25)22-12-5-2-6-13-22/h1-20,27,30,32H,(H3,34,35,36,37). The lowest BCUT2D eigenvalue weighted by Gasteiger charge is -2.29. The van der Waals surface area contributed by atoms with Crippen LogP contribution in [0.5, 0.6) is 5.75 Å². The van der Waals surface area contributed by atoms with Crippen molar-refractivity contribution >= 4 is 11.8 Å². The molecule has 4 aromatic rings. The minimum atomic E-state index is -0.383. The third kappa shape index (κ3) is 3.98. The first kappa shape index (κ1) is 22.3. The highest BCUT2D eigenvalue weighted by molar-refractivity contribution is 6.10. The zero-order valence-corrected chi connectivity index (χ0v) is 20.7. The molecule has 0 aromatic heterocycles. The molecule has 184 valence electrons. The minimum Gasteiger partial charge on any atom is -0.461 e. The lowest BCUT2D eigenvalue weighted by atomic mass is 9.81. The molecule has 0 radical (unpaired) electrons. The summed E-state index contributed by atoms with van der Waals surface area (Å²) in [5.41, 5.74) is 13.0. The number of hydrogen-bond acceptors (Lipinski definition) is 5. The summed E-state index contributed by atoms with van der Waals surface area (Å²) in [5, 5.41) is 3.25. The highest BCUT2D eigenvalue weighted by Gasteiger charge is 2.40. The Balaban J connectivity index is 1.32. The smallest absolute Gasteiger partial charge is 0.196 e. The monoisotopic (exact) mass is 494 g/mol. The van der Waals surface area contributed by atoms with Gasteiger partial charge in [-0.1, -0.05) is 91.0 Å². The molecule has 2 heterocycles. The molecule has 0 saturated heterocycles. The number of guanidine groups is 1. The zero-order chi connectivity index (χ0) is 25.5. The number of allylic oxidation sites excluding steroid dienone is 3. The van der Waals surface area contributed by atoms with Crippen LogP contribution < -0.4 is 15.8 Å². The molecule has 0 spiro atoms. The van der Waals surface area contributed by atoms with Crippen molar-refractivity contribution in [3.05, 3.63) is 138 Å². The van der Waals surface area contributed by atoms with E-state index < -0.39 is 0 Å². The predicted molar refractivity (Wildman–Crippen MR) is 153 cm³/mol. The molecule has 0 fully saturated rings. The fourth-order valence-corrected chi connectivity index (χ4v) is 5.54. The van der Waals surface area contributed by atoms with Gasteiger partial charge in [-0.15, -0.1) is 0 Å². The normalized spacial score (nSPS) is 21.3. The number of hydrogen-bond donors (Lipinski definition) is 2. The first-order valence-corrected chi connectivity index (χ1v) is 12.8. The Morgan fingerprint density at radius 3 is 2.03 bits per heavy atom. The van der Waals surface area contributed by atoms with E-state index in [4.69, 9.17) is 20.5 Å². The molecule has 2 aliphatic heterocycles. The summed E-state index contributed by atoms with van der Waals surface area (Å²) in [7, 11) is 0. The number of nitrogens with two attached hydrogens (primary N) is 1. The van der Waals surface area contributed by atoms with E-state index in [1.165, 1.54) is 0 Å². The third-order valence-corrected chi connectivity index (χ3v) is 7.31. The van der Waals surface area contributed by atoms with Crippen LogP contribution in [-0.2, 0) is 0 Å². The van der Waals surface area contributed by atoms with Crippen LogP contribution in [0.3, 0.4) is 0 Å². The molecule has 3 unspecified atom stereocenters. The van der Waals surface area contributed by atoms with Crippen LogP contribution in [0.25, 0.3) is 22.3 Å². The van der Waals surface area contributed by atoms with Crippen molar-refractivity contribution in [1.82, 2.24) is 5.32 Å². The van der Waals surface area contributed by atoms with Gasteiger partial charge >= 0.3 is 0 Å². The van der Waals surface area contributed by atoms with Crippen molar-refractivity contribution in [3.8, 4) is 28.0 Å². The number of ether oxygens (including phenoxy) is 1. The lowest BCUT2D eigenvalue weighted by Crippen LogP contribution is -2.44. The molecule has 4 aromatic carbocycles. The molecule has 1 aliphatic carbocycles. The van der Waals surface area contributed by atoms with Gasteiger partial charge in [0.1, 0.15) is 17.3 Å². The number of nitrogens with zero attached hydrogens (tertiary/aromatic N) is 2.